The number of likely N-dealkylation sites (N-methyl/N-ethyl adjacent to an activating group) is 1. The number of hydrogen-bond acceptors (Lipinski definition) is 7. The van der Waals surface area contributed by atoms with Crippen LogP contribution >= 0.6 is 11.3 Å². The predicted molar refractivity (Wildman–Crippen MR) is 134 cm³/mol. The van der Waals surface area contributed by atoms with E-state index in [1.54, 1.807) is 12.1 Å². The van der Waals surface area contributed by atoms with Gasteiger partial charge in [0.25, 0.3) is 0 Å². The van der Waals surface area contributed by atoms with E-state index in [4.69, 9.17) is 9.72 Å². The number of rotatable bonds is 10. The molecule has 9 heteroatoms. The summed E-state index contributed by atoms with van der Waals surface area (Å²) in [6, 6.07) is 10.1. The van der Waals surface area contributed by atoms with E-state index in [1.807, 2.05) is 26.0 Å². The van der Waals surface area contributed by atoms with Crippen LogP contribution in [0.2, 0.25) is 0 Å². The maximum absolute atomic E-state index is 13.3. The second-order valence-electron chi connectivity index (χ2n) is 7.86. The van der Waals surface area contributed by atoms with E-state index in [0.29, 0.717) is 24.0 Å². The molecule has 1 heterocycles. The lowest BCUT2D eigenvalue weighted by Gasteiger charge is -2.24. The number of fused-ring (bicyclic) bond motifs is 1. The van der Waals surface area contributed by atoms with E-state index in [1.165, 1.54) is 35.5 Å². The number of aryl methyl sites for hydroxylation is 2. The Hall–Kier alpha value is -2.49. The minimum atomic E-state index is -3.82. The number of aromatic nitrogens is 1. The molecule has 0 fully saturated rings. The van der Waals surface area contributed by atoms with E-state index in [0.717, 1.165) is 34.4 Å². The fourth-order valence-electron chi connectivity index (χ4n) is 3.54. The normalized spacial score (nSPS) is 11.8. The largest absolute Gasteiger partial charge is 0.497 e. The van der Waals surface area contributed by atoms with Crippen LogP contribution in [0.3, 0.4) is 0 Å². The van der Waals surface area contributed by atoms with Crippen molar-refractivity contribution in [2.24, 2.45) is 0 Å². The highest BCUT2D eigenvalue weighted by atomic mass is 32.2. The van der Waals surface area contributed by atoms with Crippen molar-refractivity contribution in [1.82, 2.24) is 9.88 Å². The number of benzene rings is 2. The van der Waals surface area contributed by atoms with Gasteiger partial charge >= 0.3 is 0 Å². The van der Waals surface area contributed by atoms with Gasteiger partial charge in [0.2, 0.25) is 5.91 Å². The van der Waals surface area contributed by atoms with Crippen LogP contribution in [0.4, 0.5) is 5.13 Å². The molecule has 0 aliphatic carbocycles. The monoisotopic (exact) mass is 489 g/mol. The minimum Gasteiger partial charge on any atom is -0.497 e. The maximum Gasteiger partial charge on any atom is 0.244 e. The highest BCUT2D eigenvalue weighted by molar-refractivity contribution is 7.92. The number of sulfone groups is 1. The molecular formula is C24H31N3O4S2. The predicted octanol–water partition coefficient (Wildman–Crippen LogP) is 4.07. The van der Waals surface area contributed by atoms with Gasteiger partial charge in [-0.05, 0) is 68.4 Å². The number of carbonyl (C=O) groups is 1. The molecule has 0 saturated heterocycles. The number of anilines is 1. The molecule has 0 bridgehead atoms. The zero-order chi connectivity index (χ0) is 24.2. The smallest absolute Gasteiger partial charge is 0.244 e. The number of carbonyl (C=O) groups excluding carboxylic acids is 1. The van der Waals surface area contributed by atoms with Crippen LogP contribution in [-0.4, -0.2) is 63.3 Å². The Morgan fingerprint density at radius 1 is 1.03 bits per heavy atom. The molecule has 0 N–H and O–H groups in total. The third-order valence-corrected chi connectivity index (χ3v) is 8.53. The Bertz CT molecular complexity index is 1220. The topological polar surface area (TPSA) is 79.8 Å². The lowest BCUT2D eigenvalue weighted by molar-refractivity contribution is -0.116. The zero-order valence-electron chi connectivity index (χ0n) is 19.8. The van der Waals surface area contributed by atoms with Gasteiger partial charge in [-0.2, -0.15) is 0 Å². The van der Waals surface area contributed by atoms with Crippen LogP contribution in [0.1, 0.15) is 25.0 Å². The van der Waals surface area contributed by atoms with E-state index in [9.17, 15) is 13.2 Å². The van der Waals surface area contributed by atoms with Gasteiger partial charge in [-0.25, -0.2) is 13.4 Å². The molecular weight excluding hydrogens is 458 g/mol. The molecule has 0 aliphatic rings. The molecule has 0 aliphatic heterocycles. The first-order valence-electron chi connectivity index (χ1n) is 11.0. The lowest BCUT2D eigenvalue weighted by Crippen LogP contribution is -2.41. The molecule has 33 heavy (non-hydrogen) atoms. The van der Waals surface area contributed by atoms with Crippen LogP contribution in [0.15, 0.2) is 41.3 Å². The van der Waals surface area contributed by atoms with Gasteiger partial charge in [0.05, 0.1) is 22.2 Å². The minimum absolute atomic E-state index is 0.0936. The quantitative estimate of drug-likeness (QED) is 0.427. The summed E-state index contributed by atoms with van der Waals surface area (Å²) in [5.74, 6) is -0.543. The van der Waals surface area contributed by atoms with Crippen LogP contribution in [0, 0.1) is 13.8 Å². The van der Waals surface area contributed by atoms with E-state index in [-0.39, 0.29) is 4.90 Å². The van der Waals surface area contributed by atoms with Crippen LogP contribution < -0.4 is 9.64 Å². The van der Waals surface area contributed by atoms with Crippen molar-refractivity contribution < 1.29 is 17.9 Å². The first-order valence-corrected chi connectivity index (χ1v) is 13.4. The fourth-order valence-corrected chi connectivity index (χ4v) is 5.81. The van der Waals surface area contributed by atoms with Crippen LogP contribution in [0.5, 0.6) is 5.75 Å². The molecule has 0 unspecified atom stereocenters. The molecule has 7 nitrogen and oxygen atoms in total. The molecule has 0 spiro atoms. The number of nitrogens with zero attached hydrogens (tertiary/aromatic N) is 3. The maximum atomic E-state index is 13.3. The molecule has 3 rings (SSSR count). The number of hydrogen-bond donors (Lipinski definition) is 0. The van der Waals surface area contributed by atoms with Gasteiger partial charge in [-0.3, -0.25) is 9.69 Å². The Labute approximate surface area is 199 Å². The summed E-state index contributed by atoms with van der Waals surface area (Å²) >= 11 is 1.41. The summed E-state index contributed by atoms with van der Waals surface area (Å²) < 4.78 is 32.0. The molecule has 0 radical (unpaired) electrons. The van der Waals surface area contributed by atoms with Gasteiger partial charge in [-0.1, -0.05) is 31.3 Å². The second-order valence-corrected chi connectivity index (χ2v) is 10.9. The standard InChI is InChI=1S/C24H31N3O4S2/c1-6-26(7-2)14-15-27(24-25-23-18(4)17(3)8-13-21(23)32-24)22(28)16-33(29,30)20-11-9-19(31-5)10-12-20/h8-13H,6-7,14-16H2,1-5H3. The number of ether oxygens (including phenoxy) is 1. The summed E-state index contributed by atoms with van der Waals surface area (Å²) in [6.07, 6.45) is 0. The SMILES string of the molecule is CCN(CC)CCN(C(=O)CS(=O)(=O)c1ccc(OC)cc1)c1nc2c(C)c(C)ccc2s1. The summed E-state index contributed by atoms with van der Waals surface area (Å²) in [5.41, 5.74) is 3.05. The first-order chi connectivity index (χ1) is 15.7. The third kappa shape index (κ3) is 5.72. The Kier molecular flexibility index (Phi) is 8.10. The highest BCUT2D eigenvalue weighted by Crippen LogP contribution is 2.32. The average molecular weight is 490 g/mol. The highest BCUT2D eigenvalue weighted by Gasteiger charge is 2.27. The number of methoxy groups -OCH3 is 1. The summed E-state index contributed by atoms with van der Waals surface area (Å²) in [4.78, 5) is 21.9. The van der Waals surface area contributed by atoms with Crippen molar-refractivity contribution in [3.8, 4) is 5.75 Å². The zero-order valence-corrected chi connectivity index (χ0v) is 21.4. The van der Waals surface area contributed by atoms with Crippen LogP contribution in [0.25, 0.3) is 10.2 Å². The van der Waals surface area contributed by atoms with Gasteiger partial charge in [0.15, 0.2) is 15.0 Å². The van der Waals surface area contributed by atoms with Crippen molar-refractivity contribution in [3.05, 3.63) is 47.5 Å². The Balaban J connectivity index is 1.93. The second kappa shape index (κ2) is 10.6. The molecule has 3 aromatic rings. The van der Waals surface area contributed by atoms with E-state index >= 15 is 0 Å². The van der Waals surface area contributed by atoms with Crippen molar-refractivity contribution in [3.63, 3.8) is 0 Å². The van der Waals surface area contributed by atoms with Crippen molar-refractivity contribution >= 4 is 42.4 Å². The average Bonchev–Trinajstić information content (AvgIpc) is 3.23. The molecule has 1 aromatic heterocycles. The summed E-state index contributed by atoms with van der Waals surface area (Å²) in [5, 5.41) is 0.529. The molecule has 178 valence electrons. The molecule has 1 amide bonds. The summed E-state index contributed by atoms with van der Waals surface area (Å²) in [6.45, 7) is 10.9. The van der Waals surface area contributed by atoms with Crippen molar-refractivity contribution in [1.29, 1.82) is 0 Å². The number of thiazole rings is 1. The number of amides is 1. The van der Waals surface area contributed by atoms with Gasteiger partial charge in [-0.15, -0.1) is 0 Å². The fraction of sp³-hybridized carbons (Fsp3) is 0.417. The van der Waals surface area contributed by atoms with E-state index in [2.05, 4.69) is 18.7 Å². The Morgan fingerprint density at radius 2 is 1.70 bits per heavy atom. The lowest BCUT2D eigenvalue weighted by atomic mass is 10.1. The van der Waals surface area contributed by atoms with Gasteiger partial charge in [0, 0.05) is 13.1 Å². The van der Waals surface area contributed by atoms with Crippen molar-refractivity contribution in [2.45, 2.75) is 32.6 Å². The van der Waals surface area contributed by atoms with Crippen molar-refractivity contribution in [2.75, 3.05) is 43.9 Å². The first kappa shape index (κ1) is 25.1. The molecule has 0 atom stereocenters. The summed E-state index contributed by atoms with van der Waals surface area (Å²) in [7, 11) is -2.30. The molecule has 0 saturated carbocycles. The van der Waals surface area contributed by atoms with Crippen LogP contribution in [-0.2, 0) is 14.6 Å². The van der Waals surface area contributed by atoms with E-state index < -0.39 is 21.5 Å². The molecule has 2 aromatic carbocycles. The van der Waals surface area contributed by atoms with Gasteiger partial charge in [0.1, 0.15) is 11.5 Å². The third-order valence-electron chi connectivity index (χ3n) is 5.87. The Morgan fingerprint density at radius 3 is 2.30 bits per heavy atom. The van der Waals surface area contributed by atoms with Gasteiger partial charge < -0.3 is 9.64 Å².